The molecular weight excluding hydrogens is 429 g/mol. The van der Waals surface area contributed by atoms with E-state index in [9.17, 15) is 9.59 Å². The summed E-state index contributed by atoms with van der Waals surface area (Å²) < 4.78 is 1.75. The van der Waals surface area contributed by atoms with Crippen molar-refractivity contribution >= 4 is 11.8 Å². The van der Waals surface area contributed by atoms with Crippen LogP contribution in [-0.2, 0) is 44.6 Å². The van der Waals surface area contributed by atoms with Crippen molar-refractivity contribution in [3.63, 3.8) is 0 Å². The molecule has 0 unspecified atom stereocenters. The van der Waals surface area contributed by atoms with Gasteiger partial charge in [-0.2, -0.15) is 5.10 Å². The van der Waals surface area contributed by atoms with E-state index in [0.29, 0.717) is 5.56 Å². The Hall–Kier alpha value is -1.53. The minimum Gasteiger partial charge on any atom is -0.498 e. The third-order valence-corrected chi connectivity index (χ3v) is 3.09. The maximum absolute atomic E-state index is 11.8. The van der Waals surface area contributed by atoms with Gasteiger partial charge in [0.25, 0.3) is 5.91 Å². The third-order valence-electron chi connectivity index (χ3n) is 3.09. The van der Waals surface area contributed by atoms with Gasteiger partial charge in [0.05, 0.1) is 6.20 Å². The first-order valence-corrected chi connectivity index (χ1v) is 8.08. The molecule has 0 spiro atoms. The van der Waals surface area contributed by atoms with E-state index >= 15 is 0 Å². The van der Waals surface area contributed by atoms with E-state index in [1.165, 1.54) is 11.8 Å². The summed E-state index contributed by atoms with van der Waals surface area (Å²) in [6.45, 7) is 5.47. The van der Waals surface area contributed by atoms with Gasteiger partial charge in [-0.3, -0.25) is 21.3 Å². The molecule has 0 aliphatic rings. The first-order chi connectivity index (χ1) is 11.7. The largest absolute Gasteiger partial charge is 0.498 e. The van der Waals surface area contributed by atoms with E-state index in [-0.39, 0.29) is 59.4 Å². The van der Waals surface area contributed by atoms with Crippen LogP contribution in [0.25, 0.3) is 11.1 Å². The van der Waals surface area contributed by atoms with Crippen molar-refractivity contribution < 1.29 is 42.3 Å². The first kappa shape index (κ1) is 34.0. The quantitative estimate of drug-likeness (QED) is 0.626. The molecule has 1 heterocycles. The standard InChI is InChI=1S/C13H15N3O.C4H8NO.C2H6.CH4.CH3.Y/c1-15(2)13(17)11-6-4-5-10(7-11)12-8-14-16(3)9-12;1-4(6)5(2)3;1-2;;;/h4-9H,1-3H3;2H2,1,3H3;1-2H3;1H4;1H3;/q;-1;;;-1;. The molecule has 0 aliphatic carbocycles. The average molecular weight is 465 g/mol. The molecule has 0 saturated carbocycles. The number of hydrogen-bond acceptors (Lipinski definition) is 3. The number of benzene rings is 1. The molecule has 2 amide bonds. The first-order valence-electron chi connectivity index (χ1n) is 8.08. The molecule has 28 heavy (non-hydrogen) atoms. The van der Waals surface area contributed by atoms with Gasteiger partial charge in [-0.1, -0.05) is 33.4 Å². The van der Waals surface area contributed by atoms with Gasteiger partial charge in [0.2, 0.25) is 0 Å². The van der Waals surface area contributed by atoms with E-state index in [4.69, 9.17) is 0 Å². The van der Waals surface area contributed by atoms with Gasteiger partial charge in [-0.15, -0.1) is 0 Å². The molecule has 1 radical (unpaired) electrons. The molecule has 2 aromatic rings. The zero-order valence-electron chi connectivity index (χ0n) is 17.9. The van der Waals surface area contributed by atoms with Crippen molar-refractivity contribution in [3.8, 4) is 11.1 Å². The second-order valence-corrected chi connectivity index (χ2v) is 5.40. The number of amides is 2. The van der Waals surface area contributed by atoms with Gasteiger partial charge in [0, 0.05) is 78.1 Å². The van der Waals surface area contributed by atoms with Crippen LogP contribution in [0, 0.1) is 14.5 Å². The predicted octanol–water partition coefficient (Wildman–Crippen LogP) is 4.16. The Morgan fingerprint density at radius 2 is 1.61 bits per heavy atom. The Bertz CT molecular complexity index is 683. The summed E-state index contributed by atoms with van der Waals surface area (Å²) in [4.78, 5) is 24.7. The normalized spacial score (nSPS) is 8.14. The summed E-state index contributed by atoms with van der Waals surface area (Å²) >= 11 is 0. The Labute approximate surface area is 197 Å². The minimum atomic E-state index is -0.0185. The van der Waals surface area contributed by atoms with E-state index in [1.54, 1.807) is 36.9 Å². The molecule has 157 valence electrons. The Balaban J connectivity index is -0.000000228. The van der Waals surface area contributed by atoms with Crippen molar-refractivity contribution in [2.75, 3.05) is 21.1 Å². The predicted molar refractivity (Wildman–Crippen MR) is 115 cm³/mol. The molecule has 0 bridgehead atoms. The fraction of sp³-hybridized carbons (Fsp3) is 0.381. The van der Waals surface area contributed by atoms with Crippen LogP contribution in [0.3, 0.4) is 0 Å². The van der Waals surface area contributed by atoms with Crippen LogP contribution in [-0.4, -0.2) is 52.5 Å². The molecular formula is C21H36N4O2Y-2. The summed E-state index contributed by atoms with van der Waals surface area (Å²) in [5.74, 6) is -0.00857. The Morgan fingerprint density at radius 3 is 1.96 bits per heavy atom. The number of rotatable bonds is 2. The second kappa shape index (κ2) is 17.6. The molecule has 0 aliphatic heterocycles. The summed E-state index contributed by atoms with van der Waals surface area (Å²) in [5.41, 5.74) is 2.71. The molecule has 7 heteroatoms. The van der Waals surface area contributed by atoms with Crippen LogP contribution in [0.1, 0.15) is 38.6 Å². The van der Waals surface area contributed by atoms with E-state index in [2.05, 4.69) is 12.1 Å². The van der Waals surface area contributed by atoms with E-state index in [0.717, 1.165) is 11.1 Å². The molecule has 0 saturated heterocycles. The van der Waals surface area contributed by atoms with Crippen LogP contribution in [0.15, 0.2) is 36.7 Å². The maximum atomic E-state index is 11.8. The fourth-order valence-electron chi connectivity index (χ4n) is 1.66. The number of nitrogens with zero attached hydrogens (tertiary/aromatic N) is 4. The Morgan fingerprint density at radius 1 is 1.11 bits per heavy atom. The summed E-state index contributed by atoms with van der Waals surface area (Å²) in [5, 5.41) is 4.12. The van der Waals surface area contributed by atoms with Crippen molar-refractivity contribution in [2.45, 2.75) is 28.2 Å². The van der Waals surface area contributed by atoms with Crippen LogP contribution in [0.5, 0.6) is 0 Å². The SMILES string of the molecule is C.CC.CN(C)C(=O)c1cccc(-c2cnn(C)c2)c1.[CH2-]N(C)C(C)=O.[CH3-].[Y]. The molecule has 6 nitrogen and oxygen atoms in total. The summed E-state index contributed by atoms with van der Waals surface area (Å²) in [7, 11) is 10.3. The second-order valence-electron chi connectivity index (χ2n) is 5.40. The van der Waals surface area contributed by atoms with Crippen molar-refractivity contribution in [3.05, 3.63) is 56.7 Å². The number of carbonyl (C=O) groups is 2. The fourth-order valence-corrected chi connectivity index (χ4v) is 1.66. The maximum Gasteiger partial charge on any atom is 0.253 e. The smallest absolute Gasteiger partial charge is 0.253 e. The summed E-state index contributed by atoms with van der Waals surface area (Å²) in [6.07, 6.45) is 3.72. The topological polar surface area (TPSA) is 58.4 Å². The number of aryl methyl sites for hydroxylation is 1. The van der Waals surface area contributed by atoms with Gasteiger partial charge in [-0.25, -0.2) is 0 Å². The van der Waals surface area contributed by atoms with Crippen LogP contribution in [0.4, 0.5) is 0 Å². The van der Waals surface area contributed by atoms with Gasteiger partial charge in [0.1, 0.15) is 0 Å². The number of aromatic nitrogens is 2. The molecule has 1 aromatic carbocycles. The van der Waals surface area contributed by atoms with Gasteiger partial charge in [-0.05, 0) is 24.7 Å². The van der Waals surface area contributed by atoms with Gasteiger partial charge in [0.15, 0.2) is 5.91 Å². The molecule has 0 N–H and O–H groups in total. The molecule has 1 aromatic heterocycles. The average Bonchev–Trinajstić information content (AvgIpc) is 3.03. The number of hydrogen-bond donors (Lipinski definition) is 0. The van der Waals surface area contributed by atoms with E-state index in [1.807, 2.05) is 51.4 Å². The van der Waals surface area contributed by atoms with Crippen LogP contribution >= 0.6 is 0 Å². The molecule has 0 atom stereocenters. The third kappa shape index (κ3) is 12.0. The molecule has 2 rings (SSSR count). The zero-order valence-corrected chi connectivity index (χ0v) is 20.7. The minimum absolute atomic E-state index is 0. The van der Waals surface area contributed by atoms with Crippen molar-refractivity contribution in [1.29, 1.82) is 0 Å². The van der Waals surface area contributed by atoms with Crippen LogP contribution < -0.4 is 0 Å². The summed E-state index contributed by atoms with van der Waals surface area (Å²) in [6, 6.07) is 7.57. The van der Waals surface area contributed by atoms with Gasteiger partial charge < -0.3 is 17.2 Å². The zero-order chi connectivity index (χ0) is 19.6. The van der Waals surface area contributed by atoms with Crippen molar-refractivity contribution in [2.24, 2.45) is 7.05 Å². The van der Waals surface area contributed by atoms with Crippen molar-refractivity contribution in [1.82, 2.24) is 19.6 Å². The van der Waals surface area contributed by atoms with Gasteiger partial charge >= 0.3 is 0 Å². The number of carbonyl (C=O) groups excluding carboxylic acids is 2. The monoisotopic (exact) mass is 465 g/mol. The van der Waals surface area contributed by atoms with E-state index < -0.39 is 0 Å². The molecule has 0 fully saturated rings. The van der Waals surface area contributed by atoms with Crippen LogP contribution in [0.2, 0.25) is 0 Å². The Kier molecular flexibility index (Phi) is 21.3.